The molecule has 0 fully saturated rings. The molecule has 1 N–H and O–H groups in total. The van der Waals surface area contributed by atoms with Crippen LogP contribution in [0.15, 0.2) is 47.8 Å². The number of anilines is 1. The number of halogens is 1. The van der Waals surface area contributed by atoms with Gasteiger partial charge in [0.15, 0.2) is 6.10 Å². The van der Waals surface area contributed by atoms with Crippen molar-refractivity contribution in [3.05, 3.63) is 79.2 Å². The van der Waals surface area contributed by atoms with E-state index in [-0.39, 0.29) is 22.0 Å². The SMILES string of the molecule is Cc1nc(COc2ccc(C(=O)OC(C)C(=O)Nc3cc([N+](=O)[O-])ccc3Cl)cc2)cs1. The van der Waals surface area contributed by atoms with E-state index in [2.05, 4.69) is 10.3 Å². The minimum atomic E-state index is -1.17. The molecule has 0 saturated heterocycles. The number of aromatic nitrogens is 1. The maximum absolute atomic E-state index is 12.3. The quantitative estimate of drug-likeness (QED) is 0.283. The van der Waals surface area contributed by atoms with Crippen LogP contribution in [0, 0.1) is 17.0 Å². The average molecular weight is 476 g/mol. The molecule has 1 amide bonds. The molecule has 0 bridgehead atoms. The summed E-state index contributed by atoms with van der Waals surface area (Å²) < 4.78 is 10.8. The maximum atomic E-state index is 12.3. The Morgan fingerprint density at radius 3 is 2.59 bits per heavy atom. The first-order chi connectivity index (χ1) is 15.2. The molecule has 0 aliphatic carbocycles. The fourth-order valence-electron chi connectivity index (χ4n) is 2.56. The second-order valence-corrected chi connectivity index (χ2v) is 8.10. The van der Waals surface area contributed by atoms with Crippen LogP contribution >= 0.6 is 22.9 Å². The number of rotatable bonds is 8. The van der Waals surface area contributed by atoms with Crippen molar-refractivity contribution in [1.29, 1.82) is 0 Å². The van der Waals surface area contributed by atoms with Gasteiger partial charge >= 0.3 is 5.97 Å². The molecule has 1 aromatic heterocycles. The van der Waals surface area contributed by atoms with Crippen molar-refractivity contribution in [3.63, 3.8) is 0 Å². The predicted octanol–water partition coefficient (Wildman–Crippen LogP) is 4.78. The van der Waals surface area contributed by atoms with Crippen molar-refractivity contribution >= 4 is 46.2 Å². The van der Waals surface area contributed by atoms with Gasteiger partial charge in [-0.2, -0.15) is 0 Å². The number of nitrogens with one attached hydrogen (secondary N) is 1. The number of carbonyl (C=O) groups is 2. The molecule has 0 aliphatic rings. The summed E-state index contributed by atoms with van der Waals surface area (Å²) in [5.74, 6) is -0.836. The van der Waals surface area contributed by atoms with Gasteiger partial charge in [-0.1, -0.05) is 11.6 Å². The monoisotopic (exact) mass is 475 g/mol. The molecule has 3 aromatic rings. The van der Waals surface area contributed by atoms with Gasteiger partial charge in [-0.25, -0.2) is 9.78 Å². The Kier molecular flexibility index (Phi) is 7.39. The number of esters is 1. The molecule has 1 unspecified atom stereocenters. The smallest absolute Gasteiger partial charge is 0.338 e. The zero-order chi connectivity index (χ0) is 23.3. The van der Waals surface area contributed by atoms with Crippen LogP contribution in [0.2, 0.25) is 5.02 Å². The van der Waals surface area contributed by atoms with Crippen LogP contribution in [-0.2, 0) is 16.1 Å². The zero-order valence-corrected chi connectivity index (χ0v) is 18.6. The largest absolute Gasteiger partial charge is 0.487 e. The molecule has 0 radical (unpaired) electrons. The van der Waals surface area contributed by atoms with Gasteiger partial charge in [0, 0.05) is 17.5 Å². The number of hydrogen-bond donors (Lipinski definition) is 1. The number of thiazole rings is 1. The third kappa shape index (κ3) is 6.02. The Labute approximate surface area is 192 Å². The van der Waals surface area contributed by atoms with E-state index in [0.29, 0.717) is 12.4 Å². The molecule has 1 atom stereocenters. The molecule has 0 saturated carbocycles. The Morgan fingerprint density at radius 2 is 1.97 bits per heavy atom. The lowest BCUT2D eigenvalue weighted by Crippen LogP contribution is -2.30. The van der Waals surface area contributed by atoms with Crippen molar-refractivity contribution < 1.29 is 24.0 Å². The molecule has 9 nitrogen and oxygen atoms in total. The topological polar surface area (TPSA) is 121 Å². The third-order valence-corrected chi connectivity index (χ3v) is 5.37. The highest BCUT2D eigenvalue weighted by atomic mass is 35.5. The van der Waals surface area contributed by atoms with Crippen LogP contribution < -0.4 is 10.1 Å². The number of non-ortho nitro benzene ring substituents is 1. The van der Waals surface area contributed by atoms with E-state index in [0.717, 1.165) is 16.8 Å². The lowest BCUT2D eigenvalue weighted by atomic mass is 10.2. The molecule has 0 spiro atoms. The number of benzene rings is 2. The summed E-state index contributed by atoms with van der Waals surface area (Å²) in [6.07, 6.45) is -1.17. The predicted molar refractivity (Wildman–Crippen MR) is 119 cm³/mol. The van der Waals surface area contributed by atoms with Gasteiger partial charge in [0.1, 0.15) is 12.4 Å². The third-order valence-electron chi connectivity index (χ3n) is 4.21. The molecule has 11 heteroatoms. The van der Waals surface area contributed by atoms with Gasteiger partial charge in [-0.15, -0.1) is 11.3 Å². The van der Waals surface area contributed by atoms with E-state index in [1.54, 1.807) is 12.1 Å². The Morgan fingerprint density at radius 1 is 1.25 bits per heavy atom. The number of nitro groups is 1. The molecule has 1 heterocycles. The minimum absolute atomic E-state index is 0.0468. The first-order valence-electron chi connectivity index (χ1n) is 9.32. The summed E-state index contributed by atoms with van der Waals surface area (Å²) in [7, 11) is 0. The Hall–Kier alpha value is -3.50. The van der Waals surface area contributed by atoms with Crippen molar-refractivity contribution in [3.8, 4) is 5.75 Å². The fraction of sp³-hybridized carbons (Fsp3) is 0.190. The molecule has 0 aliphatic heterocycles. The van der Waals surface area contributed by atoms with E-state index < -0.39 is 22.9 Å². The van der Waals surface area contributed by atoms with Crippen LogP contribution in [0.1, 0.15) is 28.0 Å². The molecule has 3 rings (SSSR count). The van der Waals surface area contributed by atoms with Crippen molar-refractivity contribution in [2.24, 2.45) is 0 Å². The van der Waals surface area contributed by atoms with E-state index in [1.165, 1.54) is 42.5 Å². The number of nitro benzene ring substituents is 1. The van der Waals surface area contributed by atoms with E-state index in [1.807, 2.05) is 12.3 Å². The van der Waals surface area contributed by atoms with Crippen molar-refractivity contribution in [2.45, 2.75) is 26.6 Å². The summed E-state index contributed by atoms with van der Waals surface area (Å²) in [6, 6.07) is 9.91. The molecular weight excluding hydrogens is 458 g/mol. The molecule has 2 aromatic carbocycles. The van der Waals surface area contributed by atoms with Gasteiger partial charge in [-0.05, 0) is 44.2 Å². The van der Waals surface area contributed by atoms with Gasteiger partial charge in [-0.3, -0.25) is 14.9 Å². The Bertz CT molecular complexity index is 1150. The van der Waals surface area contributed by atoms with Crippen molar-refractivity contribution in [2.75, 3.05) is 5.32 Å². The highest BCUT2D eigenvalue weighted by Crippen LogP contribution is 2.27. The fourth-order valence-corrected chi connectivity index (χ4v) is 3.32. The minimum Gasteiger partial charge on any atom is -0.487 e. The van der Waals surface area contributed by atoms with Crippen LogP contribution in [0.5, 0.6) is 5.75 Å². The summed E-state index contributed by atoms with van der Waals surface area (Å²) >= 11 is 7.51. The number of amides is 1. The summed E-state index contributed by atoms with van der Waals surface area (Å²) in [4.78, 5) is 39.3. The number of hydrogen-bond acceptors (Lipinski definition) is 8. The molecule has 32 heavy (non-hydrogen) atoms. The van der Waals surface area contributed by atoms with Crippen LogP contribution in [-0.4, -0.2) is 27.9 Å². The average Bonchev–Trinajstić information content (AvgIpc) is 3.19. The number of aryl methyl sites for hydroxylation is 1. The highest BCUT2D eigenvalue weighted by molar-refractivity contribution is 7.09. The van der Waals surface area contributed by atoms with E-state index in [4.69, 9.17) is 21.1 Å². The van der Waals surface area contributed by atoms with Crippen molar-refractivity contribution in [1.82, 2.24) is 4.98 Å². The Balaban J connectivity index is 1.56. The lowest BCUT2D eigenvalue weighted by molar-refractivity contribution is -0.384. The summed E-state index contributed by atoms with van der Waals surface area (Å²) in [5, 5.41) is 16.3. The molecular formula is C21H18ClN3O6S. The number of ether oxygens (including phenoxy) is 2. The zero-order valence-electron chi connectivity index (χ0n) is 17.0. The maximum Gasteiger partial charge on any atom is 0.338 e. The summed E-state index contributed by atoms with van der Waals surface area (Å²) in [5.41, 5.74) is 0.863. The second-order valence-electron chi connectivity index (χ2n) is 6.63. The van der Waals surface area contributed by atoms with Gasteiger partial charge in [0.05, 0.1) is 31.9 Å². The first kappa shape index (κ1) is 23.2. The van der Waals surface area contributed by atoms with E-state index in [9.17, 15) is 19.7 Å². The number of nitrogens with zero attached hydrogens (tertiary/aromatic N) is 2. The van der Waals surface area contributed by atoms with Gasteiger partial charge in [0.2, 0.25) is 0 Å². The van der Waals surface area contributed by atoms with Gasteiger partial charge < -0.3 is 14.8 Å². The second kappa shape index (κ2) is 10.2. The van der Waals surface area contributed by atoms with Crippen LogP contribution in [0.25, 0.3) is 0 Å². The normalized spacial score (nSPS) is 11.5. The number of carbonyl (C=O) groups excluding carboxylic acids is 2. The molecule has 166 valence electrons. The van der Waals surface area contributed by atoms with E-state index >= 15 is 0 Å². The van der Waals surface area contributed by atoms with Gasteiger partial charge in [0.25, 0.3) is 11.6 Å². The van der Waals surface area contributed by atoms with Crippen LogP contribution in [0.4, 0.5) is 11.4 Å². The first-order valence-corrected chi connectivity index (χ1v) is 10.6. The standard InChI is InChI=1S/C21H18ClN3O6S/c1-12(20(26)24-19-9-16(25(28)29)5-8-18(19)22)31-21(27)14-3-6-17(7-4-14)30-10-15-11-32-13(2)23-15/h3-9,11-12H,10H2,1-2H3,(H,24,26). The highest BCUT2D eigenvalue weighted by Gasteiger charge is 2.21. The lowest BCUT2D eigenvalue weighted by Gasteiger charge is -2.14. The summed E-state index contributed by atoms with van der Waals surface area (Å²) in [6.45, 7) is 3.60. The van der Waals surface area contributed by atoms with Crippen LogP contribution in [0.3, 0.4) is 0 Å².